The first-order chi connectivity index (χ1) is 14.5. The Hall–Kier alpha value is -3.16. The zero-order valence-electron chi connectivity index (χ0n) is 17.0. The van der Waals surface area contributed by atoms with Crippen LogP contribution in [0.5, 0.6) is 0 Å². The number of ether oxygens (including phenoxy) is 1. The van der Waals surface area contributed by atoms with Crippen molar-refractivity contribution >= 4 is 22.7 Å². The number of carbonyl (C=O) groups is 2. The Kier molecular flexibility index (Phi) is 5.57. The molecule has 2 aromatic carbocycles. The van der Waals surface area contributed by atoms with E-state index < -0.39 is 17.9 Å². The number of carbonyl (C=O) groups excluding carboxylic acids is 2. The van der Waals surface area contributed by atoms with Gasteiger partial charge in [0.15, 0.2) is 0 Å². The van der Waals surface area contributed by atoms with Crippen LogP contribution in [0.15, 0.2) is 48.5 Å². The normalized spacial score (nSPS) is 18.5. The largest absolute Gasteiger partial charge is 0.378 e. The van der Waals surface area contributed by atoms with Gasteiger partial charge in [0.1, 0.15) is 0 Å². The molecule has 7 nitrogen and oxygen atoms in total. The maximum atomic E-state index is 12.6. The molecule has 3 N–H and O–H groups in total. The Morgan fingerprint density at radius 3 is 2.60 bits per heavy atom. The molecule has 2 atom stereocenters. The SMILES string of the molecule is Cc1c(Cc2ccc(C(=O)N[C@@H]3COC[C@@H]3C(=O)NO)cc2)c2ccccc2n1C. The average molecular weight is 407 g/mol. The predicted octanol–water partition coefficient (Wildman–Crippen LogP) is 2.33. The van der Waals surface area contributed by atoms with Crippen LogP contribution in [-0.4, -0.2) is 40.8 Å². The molecule has 156 valence electrons. The van der Waals surface area contributed by atoms with E-state index in [-0.39, 0.29) is 19.1 Å². The van der Waals surface area contributed by atoms with Gasteiger partial charge in [0.25, 0.3) is 11.8 Å². The first-order valence-electron chi connectivity index (χ1n) is 9.94. The number of aryl methyl sites for hydroxylation is 1. The number of rotatable bonds is 5. The van der Waals surface area contributed by atoms with Crippen molar-refractivity contribution in [2.24, 2.45) is 13.0 Å². The summed E-state index contributed by atoms with van der Waals surface area (Å²) in [5, 5.41) is 12.9. The fraction of sp³-hybridized carbons (Fsp3) is 0.304. The van der Waals surface area contributed by atoms with E-state index in [9.17, 15) is 9.59 Å². The minimum absolute atomic E-state index is 0.167. The Morgan fingerprint density at radius 1 is 1.13 bits per heavy atom. The molecule has 3 aromatic rings. The van der Waals surface area contributed by atoms with Gasteiger partial charge in [-0.1, -0.05) is 30.3 Å². The van der Waals surface area contributed by atoms with Crippen LogP contribution in [0.25, 0.3) is 10.9 Å². The highest BCUT2D eigenvalue weighted by atomic mass is 16.5. The number of amides is 2. The third kappa shape index (κ3) is 3.69. The number of aromatic nitrogens is 1. The van der Waals surface area contributed by atoms with Gasteiger partial charge in [-0.05, 0) is 42.7 Å². The van der Waals surface area contributed by atoms with Crippen molar-refractivity contribution in [3.05, 3.63) is 70.9 Å². The van der Waals surface area contributed by atoms with Gasteiger partial charge in [0.05, 0.1) is 25.2 Å². The lowest BCUT2D eigenvalue weighted by Gasteiger charge is -2.17. The molecule has 7 heteroatoms. The van der Waals surface area contributed by atoms with E-state index in [2.05, 4.69) is 42.1 Å². The number of hydroxylamine groups is 1. The molecule has 1 aliphatic rings. The summed E-state index contributed by atoms with van der Waals surface area (Å²) < 4.78 is 7.48. The van der Waals surface area contributed by atoms with Crippen molar-refractivity contribution in [2.45, 2.75) is 19.4 Å². The van der Waals surface area contributed by atoms with Gasteiger partial charge in [-0.2, -0.15) is 0 Å². The molecule has 30 heavy (non-hydrogen) atoms. The molecule has 4 rings (SSSR count). The predicted molar refractivity (Wildman–Crippen MR) is 112 cm³/mol. The van der Waals surface area contributed by atoms with Crippen LogP contribution in [0.4, 0.5) is 0 Å². The van der Waals surface area contributed by atoms with Gasteiger partial charge in [-0.3, -0.25) is 14.8 Å². The van der Waals surface area contributed by atoms with Crippen molar-refractivity contribution < 1.29 is 19.5 Å². The topological polar surface area (TPSA) is 92.6 Å². The van der Waals surface area contributed by atoms with Crippen molar-refractivity contribution in [2.75, 3.05) is 13.2 Å². The molecule has 0 aliphatic carbocycles. The molecule has 0 bridgehead atoms. The third-order valence-corrected chi connectivity index (χ3v) is 5.97. The molecular formula is C23H25N3O4. The number of benzene rings is 2. The molecule has 1 aromatic heterocycles. The Bertz CT molecular complexity index is 1090. The molecule has 0 saturated carbocycles. The number of nitrogens with zero attached hydrogens (tertiary/aromatic N) is 1. The van der Waals surface area contributed by atoms with Crippen LogP contribution in [0.2, 0.25) is 0 Å². The van der Waals surface area contributed by atoms with E-state index in [1.54, 1.807) is 17.6 Å². The first-order valence-corrected chi connectivity index (χ1v) is 9.94. The number of fused-ring (bicyclic) bond motifs is 1. The molecule has 0 spiro atoms. The van der Waals surface area contributed by atoms with Crippen LogP contribution in [0.3, 0.4) is 0 Å². The fourth-order valence-corrected chi connectivity index (χ4v) is 4.09. The Labute approximate surface area is 174 Å². The molecular weight excluding hydrogens is 382 g/mol. The second-order valence-corrected chi connectivity index (χ2v) is 7.71. The summed E-state index contributed by atoms with van der Waals surface area (Å²) in [6, 6.07) is 15.4. The number of hydrogen-bond donors (Lipinski definition) is 3. The highest BCUT2D eigenvalue weighted by molar-refractivity contribution is 5.95. The molecule has 0 unspecified atom stereocenters. The average Bonchev–Trinajstić information content (AvgIpc) is 3.32. The molecule has 2 heterocycles. The minimum Gasteiger partial charge on any atom is -0.378 e. The zero-order chi connectivity index (χ0) is 21.3. The van der Waals surface area contributed by atoms with E-state index in [0.29, 0.717) is 5.56 Å². The summed E-state index contributed by atoms with van der Waals surface area (Å²) in [6.07, 6.45) is 0.782. The summed E-state index contributed by atoms with van der Waals surface area (Å²) in [7, 11) is 2.08. The second kappa shape index (κ2) is 8.30. The quantitative estimate of drug-likeness (QED) is 0.447. The van der Waals surface area contributed by atoms with Crippen molar-refractivity contribution in [1.82, 2.24) is 15.4 Å². The molecule has 1 saturated heterocycles. The maximum absolute atomic E-state index is 12.6. The van der Waals surface area contributed by atoms with E-state index in [1.807, 2.05) is 18.2 Å². The number of para-hydroxylation sites is 1. The van der Waals surface area contributed by atoms with E-state index in [0.717, 1.165) is 12.0 Å². The zero-order valence-corrected chi connectivity index (χ0v) is 17.0. The van der Waals surface area contributed by atoms with Crippen molar-refractivity contribution in [3.8, 4) is 0 Å². The van der Waals surface area contributed by atoms with Crippen LogP contribution in [0, 0.1) is 12.8 Å². The first kappa shape index (κ1) is 20.1. The van der Waals surface area contributed by atoms with Gasteiger partial charge in [-0.25, -0.2) is 5.48 Å². The Balaban J connectivity index is 1.48. The smallest absolute Gasteiger partial charge is 0.251 e. The van der Waals surface area contributed by atoms with Crippen LogP contribution < -0.4 is 10.8 Å². The maximum Gasteiger partial charge on any atom is 0.251 e. The van der Waals surface area contributed by atoms with Gasteiger partial charge >= 0.3 is 0 Å². The van der Waals surface area contributed by atoms with Crippen molar-refractivity contribution in [3.63, 3.8) is 0 Å². The van der Waals surface area contributed by atoms with Gasteiger partial charge in [0, 0.05) is 29.2 Å². The van der Waals surface area contributed by atoms with Crippen molar-refractivity contribution in [1.29, 1.82) is 0 Å². The molecule has 1 aliphatic heterocycles. The fourth-order valence-electron chi connectivity index (χ4n) is 4.09. The molecule has 2 amide bonds. The van der Waals surface area contributed by atoms with Crippen LogP contribution in [-0.2, 0) is 23.0 Å². The summed E-state index contributed by atoms with van der Waals surface area (Å²) >= 11 is 0. The third-order valence-electron chi connectivity index (χ3n) is 5.97. The molecule has 0 radical (unpaired) electrons. The van der Waals surface area contributed by atoms with E-state index in [1.165, 1.54) is 22.2 Å². The standard InChI is InChI=1S/C23H25N3O4/c1-14-18(17-5-3-4-6-21(17)26(14)2)11-15-7-9-16(10-8-15)22(27)24-20-13-30-12-19(20)23(28)25-29/h3-10,19-20,29H,11-13H2,1-2H3,(H,24,27)(H,25,28)/t19-,20+/m0/s1. The monoisotopic (exact) mass is 407 g/mol. The lowest BCUT2D eigenvalue weighted by atomic mass is 10.00. The lowest BCUT2D eigenvalue weighted by molar-refractivity contribution is -0.133. The van der Waals surface area contributed by atoms with Gasteiger partial charge in [-0.15, -0.1) is 0 Å². The summed E-state index contributed by atoms with van der Waals surface area (Å²) in [4.78, 5) is 24.3. The summed E-state index contributed by atoms with van der Waals surface area (Å²) in [6.45, 7) is 2.53. The van der Waals surface area contributed by atoms with Crippen LogP contribution in [0.1, 0.15) is 27.2 Å². The van der Waals surface area contributed by atoms with E-state index in [4.69, 9.17) is 9.94 Å². The number of hydrogen-bond acceptors (Lipinski definition) is 4. The molecule has 1 fully saturated rings. The minimum atomic E-state index is -0.604. The highest BCUT2D eigenvalue weighted by Gasteiger charge is 2.35. The highest BCUT2D eigenvalue weighted by Crippen LogP contribution is 2.27. The number of nitrogens with one attached hydrogen (secondary N) is 2. The van der Waals surface area contributed by atoms with Gasteiger partial charge < -0.3 is 14.6 Å². The Morgan fingerprint density at radius 2 is 1.87 bits per heavy atom. The van der Waals surface area contributed by atoms with Gasteiger partial charge in [0.2, 0.25) is 0 Å². The van der Waals surface area contributed by atoms with E-state index >= 15 is 0 Å². The summed E-state index contributed by atoms with van der Waals surface area (Å²) in [5.74, 6) is -1.43. The second-order valence-electron chi connectivity index (χ2n) is 7.71. The van der Waals surface area contributed by atoms with Crippen LogP contribution >= 0.6 is 0 Å². The summed E-state index contributed by atoms with van der Waals surface area (Å²) in [5.41, 5.74) is 6.98. The lowest BCUT2D eigenvalue weighted by Crippen LogP contribution is -2.45.